The lowest BCUT2D eigenvalue weighted by Gasteiger charge is -2.22. The van der Waals surface area contributed by atoms with Crippen molar-refractivity contribution in [2.75, 3.05) is 26.2 Å². The van der Waals surface area contributed by atoms with Crippen molar-refractivity contribution in [2.24, 2.45) is 0 Å². The van der Waals surface area contributed by atoms with E-state index in [9.17, 15) is 0 Å². The highest BCUT2D eigenvalue weighted by molar-refractivity contribution is 5.97. The molecule has 0 N–H and O–H groups in total. The maximum atomic E-state index is 6.23. The van der Waals surface area contributed by atoms with Crippen LogP contribution >= 0.6 is 0 Å². The second-order valence-corrected chi connectivity index (χ2v) is 9.80. The molecule has 3 heterocycles. The van der Waals surface area contributed by atoms with Crippen LogP contribution in [-0.2, 0) is 4.74 Å². The van der Waals surface area contributed by atoms with Crippen LogP contribution in [0.25, 0.3) is 33.3 Å². The minimum absolute atomic E-state index is 0.708. The van der Waals surface area contributed by atoms with Crippen LogP contribution < -0.4 is 0 Å². The van der Waals surface area contributed by atoms with Crippen LogP contribution in [0.1, 0.15) is 58.4 Å². The van der Waals surface area contributed by atoms with E-state index in [2.05, 4.69) is 60.6 Å². The van der Waals surface area contributed by atoms with E-state index in [0.717, 1.165) is 77.0 Å². The Hall–Kier alpha value is -3.77. The van der Waals surface area contributed by atoms with Gasteiger partial charge in [-0.2, -0.15) is 5.10 Å². The van der Waals surface area contributed by atoms with Crippen LogP contribution in [0.3, 0.4) is 0 Å². The van der Waals surface area contributed by atoms with Crippen LogP contribution in [0.4, 0.5) is 0 Å². The summed E-state index contributed by atoms with van der Waals surface area (Å²) in [6, 6.07) is 10.2. The first-order valence-electron chi connectivity index (χ1n) is 14.2. The van der Waals surface area contributed by atoms with E-state index in [1.807, 2.05) is 59.6 Å². The van der Waals surface area contributed by atoms with Crippen LogP contribution in [0.5, 0.6) is 0 Å². The van der Waals surface area contributed by atoms with Gasteiger partial charge in [-0.05, 0) is 61.7 Å². The molecule has 0 aliphatic heterocycles. The van der Waals surface area contributed by atoms with Crippen LogP contribution in [0.2, 0.25) is 0 Å². The van der Waals surface area contributed by atoms with Crippen molar-refractivity contribution in [3.63, 3.8) is 0 Å². The summed E-state index contributed by atoms with van der Waals surface area (Å²) in [6.45, 7) is 14.6. The van der Waals surface area contributed by atoms with Crippen molar-refractivity contribution >= 4 is 22.1 Å². The quantitative estimate of drug-likeness (QED) is 0.118. The lowest BCUT2D eigenvalue weighted by molar-refractivity contribution is 0.150. The number of hydrogen-bond acceptors (Lipinski definition) is 5. The van der Waals surface area contributed by atoms with Gasteiger partial charge in [0.05, 0.1) is 17.5 Å². The molecular formula is C33H41N5O. The lowest BCUT2D eigenvalue weighted by Crippen LogP contribution is -2.29. The van der Waals surface area contributed by atoms with Crippen molar-refractivity contribution in [3.8, 4) is 11.1 Å². The number of allylic oxidation sites excluding steroid dienone is 5. The highest BCUT2D eigenvalue weighted by Gasteiger charge is 2.12. The molecule has 4 rings (SSSR count). The SMILES string of the molecule is C=C/C(=C\C=C(/CCC)OCCN(CCC)CCCC)c1cnc2c(-c3ccnc4ccccc34)cnn2c1. The van der Waals surface area contributed by atoms with Crippen LogP contribution in [0.15, 0.2) is 85.7 Å². The van der Waals surface area contributed by atoms with Gasteiger partial charge in [0.25, 0.3) is 0 Å². The predicted octanol–water partition coefficient (Wildman–Crippen LogP) is 7.73. The van der Waals surface area contributed by atoms with Crippen molar-refractivity contribution in [3.05, 3.63) is 91.2 Å². The predicted molar refractivity (Wildman–Crippen MR) is 162 cm³/mol. The molecule has 6 heteroatoms. The van der Waals surface area contributed by atoms with E-state index in [0.29, 0.717) is 6.61 Å². The zero-order valence-electron chi connectivity index (χ0n) is 23.6. The normalized spacial score (nSPS) is 12.5. The summed E-state index contributed by atoms with van der Waals surface area (Å²) >= 11 is 0. The number of rotatable bonds is 15. The van der Waals surface area contributed by atoms with E-state index in [4.69, 9.17) is 9.72 Å². The van der Waals surface area contributed by atoms with E-state index >= 15 is 0 Å². The number of para-hydroxylation sites is 1. The van der Waals surface area contributed by atoms with E-state index < -0.39 is 0 Å². The van der Waals surface area contributed by atoms with E-state index in [1.165, 1.54) is 19.3 Å². The van der Waals surface area contributed by atoms with Crippen molar-refractivity contribution in [1.82, 2.24) is 24.5 Å². The number of unbranched alkanes of at least 4 members (excludes halogenated alkanes) is 1. The molecule has 6 nitrogen and oxygen atoms in total. The zero-order chi connectivity index (χ0) is 27.5. The number of pyridine rings is 1. The molecule has 0 fully saturated rings. The molecule has 0 aliphatic carbocycles. The molecule has 0 amide bonds. The average molecular weight is 524 g/mol. The lowest BCUT2D eigenvalue weighted by atomic mass is 10.0. The Bertz CT molecular complexity index is 1430. The number of hydrogen-bond donors (Lipinski definition) is 0. The van der Waals surface area contributed by atoms with Crippen LogP contribution in [-0.4, -0.2) is 50.7 Å². The zero-order valence-corrected chi connectivity index (χ0v) is 23.6. The molecule has 0 bridgehead atoms. The molecule has 39 heavy (non-hydrogen) atoms. The third kappa shape index (κ3) is 7.21. The summed E-state index contributed by atoms with van der Waals surface area (Å²) in [7, 11) is 0. The van der Waals surface area contributed by atoms with Crippen molar-refractivity contribution in [2.45, 2.75) is 52.9 Å². The molecule has 0 spiro atoms. The molecule has 3 aromatic heterocycles. The summed E-state index contributed by atoms with van der Waals surface area (Å²) in [5, 5.41) is 5.71. The maximum absolute atomic E-state index is 6.23. The molecule has 204 valence electrons. The standard InChI is InChI=1S/C33H41N5O/c1-5-9-20-37(19-7-3)21-22-39-28(12-6-2)16-15-26(8-4)27-23-35-33-31(24-36-38(33)25-27)29-17-18-34-32-14-11-10-13-30(29)32/h8,10-11,13-18,23-25H,4-7,9,12,19-22H2,1-3H3/b26-15+,28-16+. The smallest absolute Gasteiger partial charge is 0.162 e. The fourth-order valence-corrected chi connectivity index (χ4v) is 4.80. The second kappa shape index (κ2) is 14.4. The molecule has 4 aromatic rings. The second-order valence-electron chi connectivity index (χ2n) is 9.80. The number of ether oxygens (including phenoxy) is 1. The Kier molecular flexibility index (Phi) is 10.4. The fraction of sp³-hybridized carbons (Fsp3) is 0.364. The molecule has 0 radical (unpaired) electrons. The van der Waals surface area contributed by atoms with Crippen molar-refractivity contribution in [1.29, 1.82) is 0 Å². The van der Waals surface area contributed by atoms with Gasteiger partial charge in [0.1, 0.15) is 6.61 Å². The Morgan fingerprint density at radius 3 is 2.62 bits per heavy atom. The highest BCUT2D eigenvalue weighted by atomic mass is 16.5. The number of nitrogens with zero attached hydrogens (tertiary/aromatic N) is 5. The van der Waals surface area contributed by atoms with Gasteiger partial charge in [-0.25, -0.2) is 9.50 Å². The summed E-state index contributed by atoms with van der Waals surface area (Å²) in [4.78, 5) is 11.8. The van der Waals surface area contributed by atoms with E-state index in [-0.39, 0.29) is 0 Å². The first-order chi connectivity index (χ1) is 19.2. The van der Waals surface area contributed by atoms with Gasteiger partial charge in [0.2, 0.25) is 0 Å². The van der Waals surface area contributed by atoms with Gasteiger partial charge < -0.3 is 4.74 Å². The summed E-state index contributed by atoms with van der Waals surface area (Å²) in [5.74, 6) is 1.00. The molecule has 0 saturated carbocycles. The summed E-state index contributed by atoms with van der Waals surface area (Å²) in [5.41, 5.74) is 5.75. The molecule has 1 aromatic carbocycles. The van der Waals surface area contributed by atoms with Gasteiger partial charge in [-0.15, -0.1) is 0 Å². The summed E-state index contributed by atoms with van der Waals surface area (Å²) in [6.07, 6.45) is 19.2. The van der Waals surface area contributed by atoms with Crippen LogP contribution in [0, 0.1) is 0 Å². The van der Waals surface area contributed by atoms with Gasteiger partial charge in [0, 0.05) is 48.1 Å². The Balaban J connectivity index is 1.53. The van der Waals surface area contributed by atoms with Gasteiger partial charge >= 0.3 is 0 Å². The van der Waals surface area contributed by atoms with Gasteiger partial charge in [0.15, 0.2) is 5.65 Å². The molecule has 0 aliphatic rings. The molecular weight excluding hydrogens is 482 g/mol. The molecule has 0 unspecified atom stereocenters. The average Bonchev–Trinajstić information content (AvgIpc) is 3.39. The third-order valence-corrected chi connectivity index (χ3v) is 6.86. The Morgan fingerprint density at radius 1 is 0.949 bits per heavy atom. The first-order valence-corrected chi connectivity index (χ1v) is 14.2. The number of aromatic nitrogens is 4. The topological polar surface area (TPSA) is 55.5 Å². The third-order valence-electron chi connectivity index (χ3n) is 6.86. The van der Waals surface area contributed by atoms with Gasteiger partial charge in [-0.3, -0.25) is 9.88 Å². The monoisotopic (exact) mass is 523 g/mol. The Morgan fingerprint density at radius 2 is 1.82 bits per heavy atom. The fourth-order valence-electron chi connectivity index (χ4n) is 4.80. The highest BCUT2D eigenvalue weighted by Crippen LogP contribution is 2.30. The van der Waals surface area contributed by atoms with E-state index in [1.54, 1.807) is 0 Å². The number of benzene rings is 1. The minimum Gasteiger partial charge on any atom is -0.497 e. The van der Waals surface area contributed by atoms with Crippen molar-refractivity contribution < 1.29 is 4.74 Å². The molecule has 0 saturated heterocycles. The largest absolute Gasteiger partial charge is 0.497 e. The minimum atomic E-state index is 0.708. The summed E-state index contributed by atoms with van der Waals surface area (Å²) < 4.78 is 8.07. The Labute approximate surface area is 232 Å². The van der Waals surface area contributed by atoms with Gasteiger partial charge in [-0.1, -0.05) is 64.1 Å². The maximum Gasteiger partial charge on any atom is 0.162 e. The molecule has 0 atom stereocenters. The number of fused-ring (bicyclic) bond motifs is 2. The first kappa shape index (κ1) is 28.2.